The SMILES string of the molecule is COCC[N]C=O. The van der Waals surface area contributed by atoms with Crippen LogP contribution in [0.15, 0.2) is 0 Å². The summed E-state index contributed by atoms with van der Waals surface area (Å²) in [6.07, 6.45) is 0.527. The Morgan fingerprint density at radius 1 is 1.86 bits per heavy atom. The second kappa shape index (κ2) is 5.43. The monoisotopic (exact) mass is 102 g/mol. The van der Waals surface area contributed by atoms with E-state index in [2.05, 4.69) is 10.1 Å². The Bertz CT molecular complexity index is 47.0. The maximum atomic E-state index is 9.46. The van der Waals surface area contributed by atoms with Gasteiger partial charge in [0.15, 0.2) is 0 Å². The summed E-state index contributed by atoms with van der Waals surface area (Å²) in [5.74, 6) is 0. The Labute approximate surface area is 42.7 Å². The number of amides is 1. The first-order valence-corrected chi connectivity index (χ1v) is 2.01. The number of carbonyl (C=O) groups is 1. The molecule has 3 heteroatoms. The maximum absolute atomic E-state index is 9.46. The molecule has 41 valence electrons. The first kappa shape index (κ1) is 6.43. The lowest BCUT2D eigenvalue weighted by Crippen LogP contribution is -2.08. The van der Waals surface area contributed by atoms with Crippen molar-refractivity contribution < 1.29 is 9.53 Å². The largest absolute Gasteiger partial charge is 0.383 e. The Hall–Kier alpha value is -0.570. The summed E-state index contributed by atoms with van der Waals surface area (Å²) in [5.41, 5.74) is 0. The minimum absolute atomic E-state index is 0.472. The summed E-state index contributed by atoms with van der Waals surface area (Å²) in [6.45, 7) is 0.999. The van der Waals surface area contributed by atoms with Crippen LogP contribution in [0.4, 0.5) is 0 Å². The molecular weight excluding hydrogens is 94.0 g/mol. The van der Waals surface area contributed by atoms with E-state index >= 15 is 0 Å². The molecule has 0 N–H and O–H groups in total. The van der Waals surface area contributed by atoms with Crippen LogP contribution < -0.4 is 5.32 Å². The fraction of sp³-hybridized carbons (Fsp3) is 0.750. The van der Waals surface area contributed by atoms with E-state index in [1.807, 2.05) is 0 Å². The van der Waals surface area contributed by atoms with Crippen LogP contribution in [-0.4, -0.2) is 26.7 Å². The van der Waals surface area contributed by atoms with Crippen LogP contribution in [0.2, 0.25) is 0 Å². The molecule has 1 radical (unpaired) electrons. The van der Waals surface area contributed by atoms with Gasteiger partial charge >= 0.3 is 0 Å². The highest BCUT2D eigenvalue weighted by Crippen LogP contribution is 1.60. The minimum atomic E-state index is 0.472. The lowest BCUT2D eigenvalue weighted by molar-refractivity contribution is -0.109. The average Bonchev–Trinajstić information content (AvgIpc) is 1.69. The average molecular weight is 102 g/mol. The van der Waals surface area contributed by atoms with E-state index in [0.717, 1.165) is 0 Å². The van der Waals surface area contributed by atoms with Crippen LogP contribution in [0, 0.1) is 0 Å². The van der Waals surface area contributed by atoms with Crippen molar-refractivity contribution in [3.63, 3.8) is 0 Å². The highest BCUT2D eigenvalue weighted by atomic mass is 16.5. The van der Waals surface area contributed by atoms with Gasteiger partial charge in [-0.15, -0.1) is 0 Å². The van der Waals surface area contributed by atoms with Crippen molar-refractivity contribution in [2.24, 2.45) is 0 Å². The summed E-state index contributed by atoms with van der Waals surface area (Å²) in [7, 11) is 1.57. The molecular formula is C4H8NO2. The molecule has 0 saturated heterocycles. The van der Waals surface area contributed by atoms with Gasteiger partial charge in [0.25, 0.3) is 0 Å². The molecule has 0 aromatic rings. The molecule has 0 saturated carbocycles. The normalized spacial score (nSPS) is 8.14. The van der Waals surface area contributed by atoms with Crippen molar-refractivity contribution in [1.29, 1.82) is 0 Å². The van der Waals surface area contributed by atoms with Crippen LogP contribution in [0.5, 0.6) is 0 Å². The summed E-state index contributed by atoms with van der Waals surface area (Å²) in [6, 6.07) is 0. The van der Waals surface area contributed by atoms with Gasteiger partial charge in [0.2, 0.25) is 6.41 Å². The predicted molar refractivity (Wildman–Crippen MR) is 24.9 cm³/mol. The zero-order chi connectivity index (χ0) is 5.54. The first-order chi connectivity index (χ1) is 3.41. The number of nitrogens with zero attached hydrogens (tertiary/aromatic N) is 1. The van der Waals surface area contributed by atoms with E-state index in [1.54, 1.807) is 7.11 Å². The molecule has 0 rings (SSSR count). The van der Waals surface area contributed by atoms with Gasteiger partial charge in [0, 0.05) is 7.11 Å². The van der Waals surface area contributed by atoms with Crippen molar-refractivity contribution >= 4 is 6.41 Å². The third kappa shape index (κ3) is 5.43. The quantitative estimate of drug-likeness (QED) is 0.351. The van der Waals surface area contributed by atoms with Crippen molar-refractivity contribution in [3.05, 3.63) is 0 Å². The van der Waals surface area contributed by atoms with Crippen LogP contribution in [-0.2, 0) is 9.53 Å². The molecule has 0 aliphatic rings. The Kier molecular flexibility index (Phi) is 4.99. The molecule has 0 heterocycles. The molecule has 1 amide bonds. The fourth-order valence-electron chi connectivity index (χ4n) is 0.197. The van der Waals surface area contributed by atoms with E-state index in [1.165, 1.54) is 0 Å². The zero-order valence-corrected chi connectivity index (χ0v) is 4.26. The second-order valence-corrected chi connectivity index (χ2v) is 1.00. The molecule has 0 aliphatic heterocycles. The van der Waals surface area contributed by atoms with Crippen molar-refractivity contribution in [2.45, 2.75) is 0 Å². The van der Waals surface area contributed by atoms with E-state index in [0.29, 0.717) is 19.6 Å². The van der Waals surface area contributed by atoms with Gasteiger partial charge in [-0.2, -0.15) is 0 Å². The van der Waals surface area contributed by atoms with E-state index in [9.17, 15) is 4.79 Å². The standard InChI is InChI=1S/C4H8NO2/c1-7-3-2-5-4-6/h4H,2-3H2,1H3. The Morgan fingerprint density at radius 2 is 2.57 bits per heavy atom. The topological polar surface area (TPSA) is 40.4 Å². The number of carbonyl (C=O) groups excluding carboxylic acids is 1. The summed E-state index contributed by atoms with van der Waals surface area (Å²) >= 11 is 0. The first-order valence-electron chi connectivity index (χ1n) is 2.01. The lowest BCUT2D eigenvalue weighted by atomic mass is 10.7. The summed E-state index contributed by atoms with van der Waals surface area (Å²) in [5, 5.41) is 3.36. The predicted octanol–water partition coefficient (Wildman–Crippen LogP) is -0.606. The summed E-state index contributed by atoms with van der Waals surface area (Å²) < 4.78 is 4.59. The Morgan fingerprint density at radius 3 is 3.00 bits per heavy atom. The van der Waals surface area contributed by atoms with E-state index in [-0.39, 0.29) is 0 Å². The number of rotatable bonds is 4. The van der Waals surface area contributed by atoms with Crippen molar-refractivity contribution in [3.8, 4) is 0 Å². The van der Waals surface area contributed by atoms with Crippen LogP contribution in [0.25, 0.3) is 0 Å². The lowest BCUT2D eigenvalue weighted by Gasteiger charge is -1.89. The molecule has 0 fully saturated rings. The van der Waals surface area contributed by atoms with E-state index < -0.39 is 0 Å². The minimum Gasteiger partial charge on any atom is -0.383 e. The van der Waals surface area contributed by atoms with Gasteiger partial charge in [0.1, 0.15) is 0 Å². The maximum Gasteiger partial charge on any atom is 0.228 e. The van der Waals surface area contributed by atoms with Gasteiger partial charge < -0.3 is 4.74 Å². The van der Waals surface area contributed by atoms with Gasteiger partial charge in [-0.25, -0.2) is 0 Å². The third-order valence-corrected chi connectivity index (χ3v) is 0.499. The molecule has 0 unspecified atom stereocenters. The second-order valence-electron chi connectivity index (χ2n) is 1.00. The van der Waals surface area contributed by atoms with Gasteiger partial charge in [-0.3, -0.25) is 10.1 Å². The smallest absolute Gasteiger partial charge is 0.228 e. The Balaban J connectivity index is 2.56. The molecule has 0 bridgehead atoms. The molecule has 7 heavy (non-hydrogen) atoms. The van der Waals surface area contributed by atoms with Crippen LogP contribution in [0.1, 0.15) is 0 Å². The molecule has 0 aromatic carbocycles. The molecule has 0 aliphatic carbocycles. The number of hydrogen-bond acceptors (Lipinski definition) is 2. The van der Waals surface area contributed by atoms with Crippen molar-refractivity contribution in [2.75, 3.05) is 20.3 Å². The molecule has 0 atom stereocenters. The van der Waals surface area contributed by atoms with E-state index in [4.69, 9.17) is 0 Å². The summed E-state index contributed by atoms with van der Waals surface area (Å²) in [4.78, 5) is 9.46. The highest BCUT2D eigenvalue weighted by Gasteiger charge is 1.78. The fourth-order valence-corrected chi connectivity index (χ4v) is 0.197. The van der Waals surface area contributed by atoms with Gasteiger partial charge in [-0.1, -0.05) is 0 Å². The number of ether oxygens (including phenoxy) is 1. The number of hydrogen-bond donors (Lipinski definition) is 0. The molecule has 0 aromatic heterocycles. The third-order valence-electron chi connectivity index (χ3n) is 0.499. The van der Waals surface area contributed by atoms with Gasteiger partial charge in [0.05, 0.1) is 13.2 Å². The molecule has 0 spiro atoms. The van der Waals surface area contributed by atoms with Crippen molar-refractivity contribution in [1.82, 2.24) is 5.32 Å². The highest BCUT2D eigenvalue weighted by molar-refractivity contribution is 5.45. The van der Waals surface area contributed by atoms with Crippen LogP contribution in [0.3, 0.4) is 0 Å². The van der Waals surface area contributed by atoms with Crippen LogP contribution >= 0.6 is 0 Å². The number of methoxy groups -OCH3 is 1. The zero-order valence-electron chi connectivity index (χ0n) is 4.26. The molecule has 3 nitrogen and oxygen atoms in total. The van der Waals surface area contributed by atoms with Gasteiger partial charge in [-0.05, 0) is 0 Å².